The van der Waals surface area contributed by atoms with Crippen molar-refractivity contribution in [1.29, 1.82) is 0 Å². The number of fused-ring (bicyclic) bond motifs is 1. The molecule has 11 heteroatoms. The molecule has 27 heavy (non-hydrogen) atoms. The number of aliphatic carboxylic acids is 1. The second kappa shape index (κ2) is 9.03. The summed E-state index contributed by atoms with van der Waals surface area (Å²) in [6.45, 7) is 1.74. The van der Waals surface area contributed by atoms with E-state index in [1.165, 1.54) is 19.1 Å². The summed E-state index contributed by atoms with van der Waals surface area (Å²) in [6, 6.07) is 1.73. The van der Waals surface area contributed by atoms with Gasteiger partial charge in [0, 0.05) is 6.54 Å². The minimum Gasteiger partial charge on any atom is -0.480 e. The van der Waals surface area contributed by atoms with Crippen molar-refractivity contribution < 1.29 is 33.8 Å². The first-order valence-electron chi connectivity index (χ1n) is 8.30. The number of carbonyl (C=O) groups is 2. The van der Waals surface area contributed by atoms with Crippen LogP contribution >= 0.6 is 0 Å². The number of carboxylic acid groups (broad SMARTS) is 1. The maximum atomic E-state index is 11.9. The van der Waals surface area contributed by atoms with Gasteiger partial charge in [0.2, 0.25) is 6.79 Å². The van der Waals surface area contributed by atoms with Crippen LogP contribution in [0, 0.1) is 10.1 Å². The molecule has 11 nitrogen and oxygen atoms in total. The molecular formula is C16H21N3O8. The van der Waals surface area contributed by atoms with Gasteiger partial charge in [-0.2, -0.15) is 0 Å². The maximum Gasteiger partial charge on any atom is 0.407 e. The predicted octanol–water partition coefficient (Wildman–Crippen LogP) is 1.69. The summed E-state index contributed by atoms with van der Waals surface area (Å²) in [5.41, 5.74) is 5.33. The second-order valence-electron chi connectivity index (χ2n) is 5.94. The molecule has 1 amide bonds. The lowest BCUT2D eigenvalue weighted by molar-refractivity contribution is -0.386. The topological polar surface area (TPSA) is 163 Å². The number of rotatable bonds is 9. The zero-order valence-electron chi connectivity index (χ0n) is 14.7. The molecule has 0 saturated heterocycles. The quantitative estimate of drug-likeness (QED) is 0.327. The summed E-state index contributed by atoms with van der Waals surface area (Å²) >= 11 is 0. The van der Waals surface area contributed by atoms with Crippen molar-refractivity contribution >= 4 is 17.7 Å². The molecule has 1 unspecified atom stereocenters. The molecule has 2 rings (SSSR count). The highest BCUT2D eigenvalue weighted by Gasteiger charge is 2.28. The van der Waals surface area contributed by atoms with E-state index < -0.39 is 29.1 Å². The van der Waals surface area contributed by atoms with Gasteiger partial charge in [-0.05, 0) is 32.3 Å². The van der Waals surface area contributed by atoms with Crippen molar-refractivity contribution in [3.63, 3.8) is 0 Å². The van der Waals surface area contributed by atoms with E-state index in [0.717, 1.165) is 0 Å². The van der Waals surface area contributed by atoms with E-state index in [2.05, 4.69) is 5.32 Å². The van der Waals surface area contributed by atoms with Crippen LogP contribution in [0.1, 0.15) is 37.9 Å². The largest absolute Gasteiger partial charge is 0.480 e. The van der Waals surface area contributed by atoms with E-state index in [0.29, 0.717) is 25.0 Å². The normalized spacial score (nSPS) is 14.3. The molecule has 1 aliphatic rings. The summed E-state index contributed by atoms with van der Waals surface area (Å²) in [6.07, 6.45) is -0.283. The van der Waals surface area contributed by atoms with Gasteiger partial charge in [0.15, 0.2) is 11.5 Å². The highest BCUT2D eigenvalue weighted by atomic mass is 16.7. The van der Waals surface area contributed by atoms with Crippen LogP contribution < -0.4 is 20.5 Å². The van der Waals surface area contributed by atoms with E-state index in [4.69, 9.17) is 25.1 Å². The Labute approximate surface area is 154 Å². The number of nitro groups is 1. The molecule has 0 bridgehead atoms. The lowest BCUT2D eigenvalue weighted by Crippen LogP contribution is -2.30. The minimum atomic E-state index is -1.07. The maximum absolute atomic E-state index is 11.9. The number of carboxylic acids is 1. The Balaban J connectivity index is 1.86. The Bertz CT molecular complexity index is 724. The van der Waals surface area contributed by atoms with Crippen molar-refractivity contribution in [3.8, 4) is 11.5 Å². The monoisotopic (exact) mass is 383 g/mol. The number of ether oxygens (including phenoxy) is 3. The summed E-state index contributed by atoms with van der Waals surface area (Å²) in [5.74, 6) is -0.454. The SMILES string of the molecule is CC(OC(=O)NCCCC[C@@H](N)C(=O)O)c1cc2c(cc1[N+](=O)[O-])OCO2. The molecule has 1 aromatic rings. The zero-order chi connectivity index (χ0) is 20.0. The number of nitro benzene ring substituents is 1. The smallest absolute Gasteiger partial charge is 0.407 e. The molecule has 1 aromatic carbocycles. The van der Waals surface area contributed by atoms with Crippen molar-refractivity contribution in [1.82, 2.24) is 5.32 Å². The minimum absolute atomic E-state index is 0.0306. The van der Waals surface area contributed by atoms with E-state index in [-0.39, 0.29) is 30.3 Å². The third-order valence-electron chi connectivity index (χ3n) is 3.97. The van der Waals surface area contributed by atoms with Gasteiger partial charge in [-0.25, -0.2) is 4.79 Å². The first-order valence-corrected chi connectivity index (χ1v) is 8.30. The molecule has 4 N–H and O–H groups in total. The molecular weight excluding hydrogens is 362 g/mol. The molecule has 0 aliphatic carbocycles. The van der Waals surface area contributed by atoms with E-state index >= 15 is 0 Å². The average molecular weight is 383 g/mol. The van der Waals surface area contributed by atoms with Gasteiger partial charge in [-0.1, -0.05) is 0 Å². The Morgan fingerprint density at radius 2 is 2.04 bits per heavy atom. The van der Waals surface area contributed by atoms with Crippen LogP contribution in [0.25, 0.3) is 0 Å². The van der Waals surface area contributed by atoms with Crippen LogP contribution in [0.15, 0.2) is 12.1 Å². The Kier molecular flexibility index (Phi) is 6.77. The molecule has 1 heterocycles. The highest BCUT2D eigenvalue weighted by Crippen LogP contribution is 2.40. The van der Waals surface area contributed by atoms with Gasteiger partial charge in [0.05, 0.1) is 16.6 Å². The fourth-order valence-corrected chi connectivity index (χ4v) is 2.50. The van der Waals surface area contributed by atoms with Gasteiger partial charge >= 0.3 is 12.1 Å². The summed E-state index contributed by atoms with van der Waals surface area (Å²) in [4.78, 5) is 33.1. The van der Waals surface area contributed by atoms with Gasteiger partial charge in [0.1, 0.15) is 12.1 Å². The molecule has 148 valence electrons. The Morgan fingerprint density at radius 1 is 1.37 bits per heavy atom. The van der Waals surface area contributed by atoms with Crippen molar-refractivity contribution in [2.45, 2.75) is 38.3 Å². The van der Waals surface area contributed by atoms with Crippen LogP contribution in [-0.4, -0.2) is 41.5 Å². The number of amides is 1. The lowest BCUT2D eigenvalue weighted by Gasteiger charge is -2.15. The van der Waals surface area contributed by atoms with Crippen molar-refractivity contribution in [3.05, 3.63) is 27.8 Å². The fourth-order valence-electron chi connectivity index (χ4n) is 2.50. The van der Waals surface area contributed by atoms with Crippen LogP contribution in [0.3, 0.4) is 0 Å². The first kappa shape index (κ1) is 20.2. The number of benzene rings is 1. The lowest BCUT2D eigenvalue weighted by atomic mass is 10.1. The third-order valence-corrected chi connectivity index (χ3v) is 3.97. The standard InChI is InChI=1S/C16H21N3O8/c1-9(27-16(22)18-5-3-2-4-11(17)15(20)21)10-6-13-14(26-8-25-13)7-12(10)19(23)24/h6-7,9,11H,2-5,8,17H2,1H3,(H,18,22)(H,20,21)/t9?,11-/m1/s1. The molecule has 0 aromatic heterocycles. The number of hydrogen-bond donors (Lipinski definition) is 3. The first-order chi connectivity index (χ1) is 12.8. The van der Waals surface area contributed by atoms with Gasteiger partial charge in [0.25, 0.3) is 5.69 Å². The molecule has 0 spiro atoms. The molecule has 0 saturated carbocycles. The third kappa shape index (κ3) is 5.45. The molecule has 0 radical (unpaired) electrons. The van der Waals surface area contributed by atoms with E-state index in [1.54, 1.807) is 0 Å². The van der Waals surface area contributed by atoms with Crippen LogP contribution in [0.4, 0.5) is 10.5 Å². The number of nitrogens with zero attached hydrogens (tertiary/aromatic N) is 1. The van der Waals surface area contributed by atoms with Crippen LogP contribution in [0.5, 0.6) is 11.5 Å². The van der Waals surface area contributed by atoms with Gasteiger partial charge in [-0.15, -0.1) is 0 Å². The zero-order valence-corrected chi connectivity index (χ0v) is 14.7. The number of alkyl carbamates (subject to hydrolysis) is 1. The molecule has 0 fully saturated rings. The summed E-state index contributed by atoms with van der Waals surface area (Å²) < 4.78 is 15.5. The highest BCUT2D eigenvalue weighted by molar-refractivity contribution is 5.73. The summed E-state index contributed by atoms with van der Waals surface area (Å²) in [7, 11) is 0. The van der Waals surface area contributed by atoms with E-state index in [1.807, 2.05) is 0 Å². The number of nitrogens with two attached hydrogens (primary N) is 1. The second-order valence-corrected chi connectivity index (χ2v) is 5.94. The average Bonchev–Trinajstić information content (AvgIpc) is 3.07. The van der Waals surface area contributed by atoms with E-state index in [9.17, 15) is 19.7 Å². The predicted molar refractivity (Wildman–Crippen MR) is 91.6 cm³/mol. The molecule has 1 aliphatic heterocycles. The fraction of sp³-hybridized carbons (Fsp3) is 0.500. The van der Waals surface area contributed by atoms with Crippen LogP contribution in [0.2, 0.25) is 0 Å². The number of nitrogens with one attached hydrogen (secondary N) is 1. The summed E-state index contributed by atoms with van der Waals surface area (Å²) in [5, 5.41) is 22.4. The van der Waals surface area contributed by atoms with Gasteiger partial charge < -0.3 is 30.4 Å². The van der Waals surface area contributed by atoms with Gasteiger partial charge in [-0.3, -0.25) is 14.9 Å². The van der Waals surface area contributed by atoms with Crippen LogP contribution in [-0.2, 0) is 9.53 Å². The number of carbonyl (C=O) groups excluding carboxylic acids is 1. The number of hydrogen-bond acceptors (Lipinski definition) is 8. The molecule has 2 atom stereocenters. The number of unbranched alkanes of at least 4 members (excludes halogenated alkanes) is 1. The Hall–Kier alpha value is -3.08. The van der Waals surface area contributed by atoms with Crippen molar-refractivity contribution in [2.24, 2.45) is 5.73 Å². The Morgan fingerprint density at radius 3 is 2.67 bits per heavy atom. The van der Waals surface area contributed by atoms with Crippen molar-refractivity contribution in [2.75, 3.05) is 13.3 Å².